The van der Waals surface area contributed by atoms with E-state index in [1.807, 2.05) is 13.1 Å². The van der Waals surface area contributed by atoms with Crippen molar-refractivity contribution in [3.05, 3.63) is 36.3 Å². The molecule has 178 valence electrons. The molecule has 8 nitrogen and oxygen atoms in total. The van der Waals surface area contributed by atoms with Gasteiger partial charge in [-0.05, 0) is 44.0 Å². The van der Waals surface area contributed by atoms with Crippen molar-refractivity contribution in [1.29, 1.82) is 5.26 Å². The van der Waals surface area contributed by atoms with Gasteiger partial charge < -0.3 is 10.2 Å². The normalized spacial score (nSPS) is 19.6. The molecule has 10 heteroatoms. The first-order chi connectivity index (χ1) is 16.5. The highest BCUT2D eigenvalue weighted by molar-refractivity contribution is 7.20. The molecule has 1 aliphatic carbocycles. The third-order valence-corrected chi connectivity index (χ3v) is 7.95. The summed E-state index contributed by atoms with van der Waals surface area (Å²) in [7, 11) is 0. The molecule has 0 bridgehead atoms. The van der Waals surface area contributed by atoms with Crippen LogP contribution in [0.2, 0.25) is 0 Å². The molecule has 3 aromatic rings. The van der Waals surface area contributed by atoms with E-state index in [0.717, 1.165) is 79.6 Å². The SMILES string of the molecule is CC(C(=O)NC1(C#N)CCCCC1)N1CCN(c2nn3cc(-c4ccc(F)cc4)nc3s2)CC1. The van der Waals surface area contributed by atoms with E-state index in [1.165, 1.54) is 23.5 Å². The molecular formula is C24H28FN7OS. The topological polar surface area (TPSA) is 89.6 Å². The molecular weight excluding hydrogens is 453 g/mol. The van der Waals surface area contributed by atoms with Gasteiger partial charge in [-0.2, -0.15) is 5.26 Å². The summed E-state index contributed by atoms with van der Waals surface area (Å²) in [6.45, 7) is 4.95. The Morgan fingerprint density at radius 2 is 1.88 bits per heavy atom. The zero-order valence-electron chi connectivity index (χ0n) is 19.2. The van der Waals surface area contributed by atoms with Gasteiger partial charge in [0.2, 0.25) is 16.0 Å². The number of rotatable bonds is 5. The number of nitrogens with zero attached hydrogens (tertiary/aromatic N) is 6. The fraction of sp³-hybridized carbons (Fsp3) is 0.500. The van der Waals surface area contributed by atoms with Gasteiger partial charge in [-0.3, -0.25) is 9.69 Å². The van der Waals surface area contributed by atoms with Gasteiger partial charge in [-0.1, -0.05) is 30.6 Å². The largest absolute Gasteiger partial charge is 0.344 e. The lowest BCUT2D eigenvalue weighted by atomic mass is 9.82. The molecule has 0 spiro atoms. The van der Waals surface area contributed by atoms with Crippen LogP contribution in [0.5, 0.6) is 0 Å². The molecule has 1 amide bonds. The van der Waals surface area contributed by atoms with Gasteiger partial charge in [0, 0.05) is 31.7 Å². The Balaban J connectivity index is 1.19. The van der Waals surface area contributed by atoms with Crippen molar-refractivity contribution in [3.63, 3.8) is 0 Å². The second kappa shape index (κ2) is 9.31. The number of fused-ring (bicyclic) bond motifs is 1. The zero-order chi connectivity index (χ0) is 23.7. The Morgan fingerprint density at radius 3 is 2.53 bits per heavy atom. The third-order valence-electron chi connectivity index (χ3n) is 6.97. The van der Waals surface area contributed by atoms with E-state index in [2.05, 4.69) is 26.2 Å². The zero-order valence-corrected chi connectivity index (χ0v) is 20.0. The molecule has 2 aromatic heterocycles. The number of carbonyl (C=O) groups is 1. The number of nitrogens with one attached hydrogen (secondary N) is 1. The smallest absolute Gasteiger partial charge is 0.238 e. The number of carbonyl (C=O) groups excluding carboxylic acids is 1. The molecule has 1 aromatic carbocycles. The second-order valence-electron chi connectivity index (χ2n) is 9.19. The number of imidazole rings is 1. The summed E-state index contributed by atoms with van der Waals surface area (Å²) in [4.78, 5) is 22.7. The second-order valence-corrected chi connectivity index (χ2v) is 10.1. The van der Waals surface area contributed by atoms with Gasteiger partial charge in [0.15, 0.2) is 0 Å². The van der Waals surface area contributed by atoms with E-state index >= 15 is 0 Å². The Hall–Kier alpha value is -3.03. The summed E-state index contributed by atoms with van der Waals surface area (Å²) in [6.07, 6.45) is 6.45. The Bertz CT molecular complexity index is 1170. The van der Waals surface area contributed by atoms with E-state index in [9.17, 15) is 14.4 Å². The van der Waals surface area contributed by atoms with Crippen molar-refractivity contribution >= 4 is 27.3 Å². The molecule has 1 aliphatic heterocycles. The summed E-state index contributed by atoms with van der Waals surface area (Å²) in [5, 5.41) is 18.3. The number of benzene rings is 1. The average molecular weight is 482 g/mol. The number of halogens is 1. The molecule has 1 N–H and O–H groups in total. The lowest BCUT2D eigenvalue weighted by molar-refractivity contribution is -0.127. The highest BCUT2D eigenvalue weighted by Gasteiger charge is 2.36. The van der Waals surface area contributed by atoms with E-state index in [4.69, 9.17) is 5.10 Å². The monoisotopic (exact) mass is 481 g/mol. The van der Waals surface area contributed by atoms with Crippen LogP contribution in [0.3, 0.4) is 0 Å². The van der Waals surface area contributed by atoms with Crippen molar-refractivity contribution in [2.45, 2.75) is 50.6 Å². The number of aromatic nitrogens is 3. The molecule has 2 aliphatic rings. The summed E-state index contributed by atoms with van der Waals surface area (Å²) < 4.78 is 15.0. The van der Waals surface area contributed by atoms with Crippen LogP contribution in [-0.4, -0.2) is 63.2 Å². The highest BCUT2D eigenvalue weighted by Crippen LogP contribution is 2.29. The van der Waals surface area contributed by atoms with Crippen molar-refractivity contribution in [3.8, 4) is 17.3 Å². The summed E-state index contributed by atoms with van der Waals surface area (Å²) >= 11 is 1.52. The van der Waals surface area contributed by atoms with Crippen LogP contribution >= 0.6 is 11.3 Å². The molecule has 1 unspecified atom stereocenters. The first-order valence-corrected chi connectivity index (χ1v) is 12.6. The van der Waals surface area contributed by atoms with Crippen LogP contribution in [0, 0.1) is 17.1 Å². The van der Waals surface area contributed by atoms with Gasteiger partial charge in [-0.25, -0.2) is 13.9 Å². The molecule has 5 rings (SSSR count). The fourth-order valence-corrected chi connectivity index (χ4v) is 5.74. The first kappa shape index (κ1) is 22.7. The molecule has 0 radical (unpaired) electrons. The van der Waals surface area contributed by atoms with Crippen molar-refractivity contribution in [2.75, 3.05) is 31.1 Å². The molecule has 1 saturated heterocycles. The van der Waals surface area contributed by atoms with Crippen LogP contribution in [0.4, 0.5) is 9.52 Å². The average Bonchev–Trinajstić information content (AvgIpc) is 3.44. The van der Waals surface area contributed by atoms with E-state index in [1.54, 1.807) is 16.6 Å². The van der Waals surface area contributed by atoms with Gasteiger partial charge >= 0.3 is 0 Å². The molecule has 2 fully saturated rings. The van der Waals surface area contributed by atoms with E-state index < -0.39 is 5.54 Å². The molecule has 1 atom stereocenters. The number of hydrogen-bond acceptors (Lipinski definition) is 7. The van der Waals surface area contributed by atoms with Gasteiger partial charge in [0.25, 0.3) is 0 Å². The summed E-state index contributed by atoms with van der Waals surface area (Å²) in [5.74, 6) is -0.326. The Labute approximate surface area is 202 Å². The Kier molecular flexibility index (Phi) is 6.23. The maximum absolute atomic E-state index is 13.2. The number of hydrogen-bond donors (Lipinski definition) is 1. The lowest BCUT2D eigenvalue weighted by Crippen LogP contribution is -2.58. The van der Waals surface area contributed by atoms with Crippen LogP contribution in [0.25, 0.3) is 16.2 Å². The maximum atomic E-state index is 13.2. The molecule has 34 heavy (non-hydrogen) atoms. The summed E-state index contributed by atoms with van der Waals surface area (Å²) in [6, 6.07) is 8.38. The van der Waals surface area contributed by atoms with Gasteiger partial charge in [-0.15, -0.1) is 5.10 Å². The maximum Gasteiger partial charge on any atom is 0.238 e. The van der Waals surface area contributed by atoms with E-state index in [0.29, 0.717) is 0 Å². The lowest BCUT2D eigenvalue weighted by Gasteiger charge is -2.39. The van der Waals surface area contributed by atoms with Crippen LogP contribution in [0.1, 0.15) is 39.0 Å². The molecule has 3 heterocycles. The standard InChI is InChI=1S/C24H28FN7OS/c1-17(21(33)28-24(16-26)9-3-2-4-10-24)30-11-13-31(14-12-30)23-29-32-15-20(27-22(32)34-23)18-5-7-19(25)8-6-18/h5-8,15,17H,2-4,9-14H2,1H3,(H,28,33). The van der Waals surface area contributed by atoms with Crippen molar-refractivity contribution in [2.24, 2.45) is 0 Å². The van der Waals surface area contributed by atoms with Crippen molar-refractivity contribution < 1.29 is 9.18 Å². The predicted octanol–water partition coefficient (Wildman–Crippen LogP) is 3.45. The number of nitriles is 1. The van der Waals surface area contributed by atoms with Crippen LogP contribution < -0.4 is 10.2 Å². The summed E-state index contributed by atoms with van der Waals surface area (Å²) in [5.41, 5.74) is 0.921. The van der Waals surface area contributed by atoms with Gasteiger partial charge in [0.05, 0.1) is 24.0 Å². The van der Waals surface area contributed by atoms with Crippen LogP contribution in [-0.2, 0) is 4.79 Å². The minimum Gasteiger partial charge on any atom is -0.344 e. The highest BCUT2D eigenvalue weighted by atomic mass is 32.1. The Morgan fingerprint density at radius 1 is 1.18 bits per heavy atom. The third kappa shape index (κ3) is 4.50. The quantitative estimate of drug-likeness (QED) is 0.600. The number of amides is 1. The number of piperazine rings is 1. The minimum absolute atomic E-state index is 0.0575. The van der Waals surface area contributed by atoms with Crippen LogP contribution in [0.15, 0.2) is 30.5 Å². The first-order valence-electron chi connectivity index (χ1n) is 11.8. The molecule has 1 saturated carbocycles. The van der Waals surface area contributed by atoms with E-state index in [-0.39, 0.29) is 17.8 Å². The van der Waals surface area contributed by atoms with Crippen molar-refractivity contribution in [1.82, 2.24) is 24.8 Å². The van der Waals surface area contributed by atoms with Gasteiger partial charge in [0.1, 0.15) is 11.4 Å². The number of anilines is 1. The fourth-order valence-electron chi connectivity index (χ4n) is 4.80. The predicted molar refractivity (Wildman–Crippen MR) is 129 cm³/mol. The minimum atomic E-state index is -0.701.